The minimum Gasteiger partial charge on any atom is -0.507 e. The molecule has 4 aromatic carbocycles. The topological polar surface area (TPSA) is 118 Å². The SMILES string of the molecule is C.C1CCOC1.Cc1c(B(O)O)cc(C(F)(F)F)c2c1CCCO2.Cc1c(Br)cc(C(F)(F)F)c2c1CCCO2.Cc1ccc(C(F)(F)F)c(O)c1CCCO.Cc1ccc(C(F)(F)F)c2c1CCCO2. The van der Waals surface area contributed by atoms with Gasteiger partial charge in [0, 0.05) is 24.3 Å². The highest BCUT2D eigenvalue weighted by molar-refractivity contribution is 9.10. The first-order valence-corrected chi connectivity index (χ1v) is 23.0. The molecule has 0 aromatic heterocycles. The van der Waals surface area contributed by atoms with Gasteiger partial charge in [-0.25, -0.2) is 0 Å². The van der Waals surface area contributed by atoms with E-state index in [4.69, 9.17) is 34.1 Å². The Morgan fingerprint density at radius 3 is 1.41 bits per heavy atom. The van der Waals surface area contributed by atoms with Crippen LogP contribution in [0.1, 0.15) is 113 Å². The molecule has 4 aliphatic rings. The molecule has 0 bridgehead atoms. The van der Waals surface area contributed by atoms with Gasteiger partial charge in [0.2, 0.25) is 0 Å². The molecule has 8 rings (SSSR count). The number of aryl methyl sites for hydroxylation is 2. The molecule has 396 valence electrons. The van der Waals surface area contributed by atoms with Gasteiger partial charge in [-0.1, -0.05) is 35.5 Å². The number of hydrogen-bond donors (Lipinski definition) is 4. The molecule has 1 fully saturated rings. The van der Waals surface area contributed by atoms with Crippen LogP contribution < -0.4 is 19.7 Å². The third-order valence-corrected chi connectivity index (χ3v) is 12.5. The highest BCUT2D eigenvalue weighted by Crippen LogP contribution is 2.45. The quantitative estimate of drug-likeness (QED) is 0.118. The molecule has 4 N–H and O–H groups in total. The average Bonchev–Trinajstić information content (AvgIpc) is 3.88. The summed E-state index contributed by atoms with van der Waals surface area (Å²) in [7, 11) is -1.92. The zero-order chi connectivity index (χ0) is 52.4. The summed E-state index contributed by atoms with van der Waals surface area (Å²) in [5, 5.41) is 36.5. The monoisotopic (exact) mass is 1090 g/mol. The van der Waals surface area contributed by atoms with Crippen molar-refractivity contribution in [3.63, 3.8) is 0 Å². The second kappa shape index (κ2) is 26.0. The summed E-state index contributed by atoms with van der Waals surface area (Å²) in [6.07, 6.45) is -10.8. The Kier molecular flexibility index (Phi) is 22.3. The van der Waals surface area contributed by atoms with E-state index in [-0.39, 0.29) is 55.3 Å². The number of phenolic OH excluding ortho intramolecular Hbond substituents is 1. The van der Waals surface area contributed by atoms with Crippen molar-refractivity contribution in [3.05, 3.63) is 108 Å². The number of benzene rings is 4. The number of halogens is 13. The summed E-state index contributed by atoms with van der Waals surface area (Å²) in [5.74, 6) is -0.843. The maximum atomic E-state index is 12.9. The van der Waals surface area contributed by atoms with Gasteiger partial charge in [-0.3, -0.25) is 0 Å². The predicted molar refractivity (Wildman–Crippen MR) is 248 cm³/mol. The van der Waals surface area contributed by atoms with Crippen LogP contribution in [0, 0.1) is 27.7 Å². The number of aliphatic hydroxyl groups excluding tert-OH is 1. The number of fused-ring (bicyclic) bond motifs is 3. The van der Waals surface area contributed by atoms with Crippen LogP contribution in [-0.2, 0) is 55.1 Å². The van der Waals surface area contributed by atoms with Crippen LogP contribution in [0.3, 0.4) is 0 Å². The molecule has 0 radical (unpaired) electrons. The van der Waals surface area contributed by atoms with E-state index in [1.54, 1.807) is 20.8 Å². The molecule has 22 heteroatoms. The summed E-state index contributed by atoms with van der Waals surface area (Å²) in [4.78, 5) is 0. The molecule has 71 heavy (non-hydrogen) atoms. The van der Waals surface area contributed by atoms with Gasteiger partial charge in [-0.05, 0) is 166 Å². The van der Waals surface area contributed by atoms with Crippen molar-refractivity contribution in [2.24, 2.45) is 0 Å². The van der Waals surface area contributed by atoms with Crippen molar-refractivity contribution >= 4 is 28.5 Å². The normalized spacial score (nSPS) is 15.0. The van der Waals surface area contributed by atoms with Crippen molar-refractivity contribution < 1.29 is 91.9 Å². The van der Waals surface area contributed by atoms with Gasteiger partial charge >= 0.3 is 31.8 Å². The fraction of sp³-hybridized carbons (Fsp3) is 0.510. The van der Waals surface area contributed by atoms with E-state index >= 15 is 0 Å². The molecule has 0 saturated carbocycles. The second-order valence-electron chi connectivity index (χ2n) is 16.6. The summed E-state index contributed by atoms with van der Waals surface area (Å²) in [6.45, 7) is 9.68. The first-order valence-electron chi connectivity index (χ1n) is 22.2. The average molecular weight is 1090 g/mol. The Bertz CT molecular complexity index is 2370. The largest absolute Gasteiger partial charge is 0.507 e. The highest BCUT2D eigenvalue weighted by atomic mass is 79.9. The van der Waals surface area contributed by atoms with E-state index in [0.29, 0.717) is 77.6 Å². The van der Waals surface area contributed by atoms with Crippen LogP contribution in [0.4, 0.5) is 52.7 Å². The van der Waals surface area contributed by atoms with E-state index in [0.717, 1.165) is 61.4 Å². The number of ether oxygens (including phenoxy) is 4. The Hall–Kier alpha value is -4.38. The van der Waals surface area contributed by atoms with Crippen molar-refractivity contribution in [3.8, 4) is 23.0 Å². The lowest BCUT2D eigenvalue weighted by atomic mass is 9.74. The van der Waals surface area contributed by atoms with Crippen molar-refractivity contribution in [1.82, 2.24) is 0 Å². The van der Waals surface area contributed by atoms with Gasteiger partial charge in [-0.15, -0.1) is 0 Å². The molecular weight excluding hydrogens is 1040 g/mol. The molecule has 0 unspecified atom stereocenters. The molecule has 0 amide bonds. The minimum atomic E-state index is -4.57. The smallest absolute Gasteiger partial charge is 0.488 e. The molecule has 4 heterocycles. The zero-order valence-electron chi connectivity index (χ0n) is 38.7. The number of aliphatic hydroxyl groups is 1. The van der Waals surface area contributed by atoms with E-state index < -0.39 is 59.8 Å². The lowest BCUT2D eigenvalue weighted by molar-refractivity contribution is -0.140. The van der Waals surface area contributed by atoms with Gasteiger partial charge in [0.05, 0.1) is 42.1 Å². The van der Waals surface area contributed by atoms with Gasteiger partial charge in [0.15, 0.2) is 0 Å². The summed E-state index contributed by atoms with van der Waals surface area (Å²) in [5.41, 5.74) is 1.39. The third kappa shape index (κ3) is 16.3. The molecule has 0 spiro atoms. The highest BCUT2D eigenvalue weighted by Gasteiger charge is 2.40. The third-order valence-electron chi connectivity index (χ3n) is 11.7. The summed E-state index contributed by atoms with van der Waals surface area (Å²) in [6, 6.07) is 6.65. The van der Waals surface area contributed by atoms with Crippen molar-refractivity contribution in [2.45, 2.75) is 124 Å². The number of rotatable bonds is 4. The van der Waals surface area contributed by atoms with Crippen LogP contribution in [0.25, 0.3) is 0 Å². The van der Waals surface area contributed by atoms with Gasteiger partial charge in [0.1, 0.15) is 23.0 Å². The maximum absolute atomic E-state index is 12.9. The Morgan fingerprint density at radius 1 is 0.549 bits per heavy atom. The molecular formula is C49H58BBrF12O8. The number of alkyl halides is 12. The molecule has 0 atom stereocenters. The van der Waals surface area contributed by atoms with Crippen molar-refractivity contribution in [1.29, 1.82) is 0 Å². The molecule has 8 nitrogen and oxygen atoms in total. The first-order chi connectivity index (χ1) is 32.6. The second-order valence-corrected chi connectivity index (χ2v) is 17.5. The standard InChI is InChI=1S/C11H12BF3O3.C11H10BrF3O.C11H13F3O2.C11H11F3O.C4H8O.CH4/c1-6-7-3-2-4-18-10(7)8(11(13,14)15)5-9(6)12(16)17;1-6-7-3-2-4-16-10(7)8(5-9(6)12)11(13,14)15;1-7-4-5-9(11(12,13)14)10(16)8(7)3-2-6-15;1-7-4-5-9(11(12,13)14)10-8(7)3-2-6-15-10;1-2-4-5-3-1;/h5,16-17H,2-4H2,1H3;5H,2-4H2,1H3;4-5,15-16H,2-3,6H2,1H3;4-5H,2-3,6H2,1H3;1-4H2;1H4. The molecule has 1 saturated heterocycles. The Morgan fingerprint density at radius 2 is 0.972 bits per heavy atom. The number of hydrogen-bond acceptors (Lipinski definition) is 8. The summed E-state index contributed by atoms with van der Waals surface area (Å²) >= 11 is 3.16. The zero-order valence-corrected chi connectivity index (χ0v) is 40.3. The number of aromatic hydroxyl groups is 1. The maximum Gasteiger partial charge on any atom is 0.488 e. The van der Waals surface area contributed by atoms with E-state index in [1.807, 2.05) is 6.92 Å². The molecule has 0 aliphatic carbocycles. The van der Waals surface area contributed by atoms with Gasteiger partial charge in [0.25, 0.3) is 0 Å². The Labute approximate surface area is 413 Å². The predicted octanol–water partition coefficient (Wildman–Crippen LogP) is 12.5. The fourth-order valence-corrected chi connectivity index (χ4v) is 8.45. The van der Waals surface area contributed by atoms with Gasteiger partial charge in [-0.2, -0.15) is 52.7 Å². The van der Waals surface area contributed by atoms with Gasteiger partial charge < -0.3 is 39.2 Å². The lowest BCUT2D eigenvalue weighted by Crippen LogP contribution is -2.35. The molecule has 4 aliphatic heterocycles. The van der Waals surface area contributed by atoms with Crippen LogP contribution in [0.2, 0.25) is 0 Å². The van der Waals surface area contributed by atoms with Crippen LogP contribution in [-0.4, -0.2) is 67.0 Å². The Balaban J connectivity index is 0.000000241. The molecule has 4 aromatic rings. The number of phenols is 1. The van der Waals surface area contributed by atoms with E-state index in [1.165, 1.54) is 25.0 Å². The van der Waals surface area contributed by atoms with Crippen molar-refractivity contribution in [2.75, 3.05) is 39.6 Å². The van der Waals surface area contributed by atoms with Crippen LogP contribution in [0.5, 0.6) is 23.0 Å². The summed E-state index contributed by atoms with van der Waals surface area (Å²) < 4.78 is 173. The van der Waals surface area contributed by atoms with E-state index in [9.17, 15) is 57.8 Å². The minimum absolute atomic E-state index is 0. The fourth-order valence-electron chi connectivity index (χ4n) is 7.98. The van der Waals surface area contributed by atoms with Crippen LogP contribution >= 0.6 is 15.9 Å². The van der Waals surface area contributed by atoms with E-state index in [2.05, 4.69) is 15.9 Å². The van der Waals surface area contributed by atoms with Crippen LogP contribution in [0.15, 0.2) is 40.9 Å². The lowest BCUT2D eigenvalue weighted by Gasteiger charge is -2.25. The first kappa shape index (κ1) is 60.9.